The van der Waals surface area contributed by atoms with Crippen LogP contribution in [0.3, 0.4) is 0 Å². The van der Waals surface area contributed by atoms with E-state index in [4.69, 9.17) is 0 Å². The van der Waals surface area contributed by atoms with Crippen molar-refractivity contribution in [2.45, 2.75) is 13.3 Å². The second-order valence-electron chi connectivity index (χ2n) is 3.44. The Kier molecular flexibility index (Phi) is 2.59. The van der Waals surface area contributed by atoms with Crippen molar-refractivity contribution in [3.8, 4) is 0 Å². The highest BCUT2D eigenvalue weighted by Gasteiger charge is 2.22. The van der Waals surface area contributed by atoms with Crippen LogP contribution in [0, 0.1) is 0 Å². The quantitative estimate of drug-likeness (QED) is 0.753. The maximum Gasteiger partial charge on any atom is 0.254 e. The molecule has 1 aliphatic rings. The number of amides is 1. The maximum atomic E-state index is 11.9. The predicted molar refractivity (Wildman–Crippen MR) is 59.4 cm³/mol. The van der Waals surface area contributed by atoms with E-state index in [1.54, 1.807) is 0 Å². The van der Waals surface area contributed by atoms with Crippen LogP contribution in [0.1, 0.15) is 22.8 Å². The highest BCUT2D eigenvalue weighted by molar-refractivity contribution is 9.10. The van der Waals surface area contributed by atoms with Gasteiger partial charge in [-0.3, -0.25) is 4.79 Å². The summed E-state index contributed by atoms with van der Waals surface area (Å²) in [6, 6.07) is 5.87. The second-order valence-corrected chi connectivity index (χ2v) is 4.35. The number of carbonyl (C=O) groups excluding carboxylic acids is 1. The van der Waals surface area contributed by atoms with Crippen LogP contribution in [0.15, 0.2) is 22.7 Å². The van der Waals surface area contributed by atoms with E-state index in [2.05, 4.69) is 15.9 Å². The van der Waals surface area contributed by atoms with Crippen LogP contribution in [0.4, 0.5) is 0 Å². The van der Waals surface area contributed by atoms with E-state index >= 15 is 0 Å². The minimum absolute atomic E-state index is 0.168. The summed E-state index contributed by atoms with van der Waals surface area (Å²) < 4.78 is 1.05. The zero-order chi connectivity index (χ0) is 10.1. The fourth-order valence-corrected chi connectivity index (χ4v) is 2.22. The van der Waals surface area contributed by atoms with Crippen molar-refractivity contribution in [3.05, 3.63) is 33.8 Å². The zero-order valence-corrected chi connectivity index (χ0v) is 9.67. The van der Waals surface area contributed by atoms with Gasteiger partial charge in [-0.15, -0.1) is 0 Å². The Bertz CT molecular complexity index is 376. The molecular weight excluding hydrogens is 242 g/mol. The van der Waals surface area contributed by atoms with Crippen LogP contribution in [0.2, 0.25) is 0 Å². The summed E-state index contributed by atoms with van der Waals surface area (Å²) in [5, 5.41) is 0. The lowest BCUT2D eigenvalue weighted by atomic mass is 9.99. The van der Waals surface area contributed by atoms with Crippen LogP contribution >= 0.6 is 15.9 Å². The third-order valence-corrected chi connectivity index (χ3v) is 3.11. The van der Waals surface area contributed by atoms with Crippen molar-refractivity contribution in [1.82, 2.24) is 4.90 Å². The zero-order valence-electron chi connectivity index (χ0n) is 8.09. The third-order valence-electron chi connectivity index (χ3n) is 2.62. The Morgan fingerprint density at radius 2 is 2.29 bits per heavy atom. The summed E-state index contributed by atoms with van der Waals surface area (Å²) in [4.78, 5) is 13.8. The summed E-state index contributed by atoms with van der Waals surface area (Å²) in [6.45, 7) is 3.66. The average Bonchev–Trinajstić information content (AvgIpc) is 2.18. The van der Waals surface area contributed by atoms with Gasteiger partial charge < -0.3 is 4.90 Å². The number of fused-ring (bicyclic) bond motifs is 1. The number of hydrogen-bond donors (Lipinski definition) is 0. The lowest BCUT2D eigenvalue weighted by Gasteiger charge is -2.27. The molecule has 1 amide bonds. The molecule has 3 heteroatoms. The molecule has 1 aromatic carbocycles. The molecule has 0 fully saturated rings. The van der Waals surface area contributed by atoms with Gasteiger partial charge in [0, 0.05) is 23.1 Å². The monoisotopic (exact) mass is 253 g/mol. The van der Waals surface area contributed by atoms with Gasteiger partial charge in [0.05, 0.1) is 0 Å². The number of carbonyl (C=O) groups is 1. The largest absolute Gasteiger partial charge is 0.339 e. The van der Waals surface area contributed by atoms with E-state index in [9.17, 15) is 4.79 Å². The number of benzene rings is 1. The smallest absolute Gasteiger partial charge is 0.254 e. The molecule has 0 atom stereocenters. The molecule has 14 heavy (non-hydrogen) atoms. The first-order valence-electron chi connectivity index (χ1n) is 4.80. The lowest BCUT2D eigenvalue weighted by molar-refractivity contribution is 0.0749. The van der Waals surface area contributed by atoms with Gasteiger partial charge in [-0.2, -0.15) is 0 Å². The molecule has 0 radical (unpaired) electrons. The molecule has 0 bridgehead atoms. The first-order valence-corrected chi connectivity index (χ1v) is 5.59. The van der Waals surface area contributed by atoms with Crippen molar-refractivity contribution >= 4 is 21.8 Å². The van der Waals surface area contributed by atoms with Crippen molar-refractivity contribution in [1.29, 1.82) is 0 Å². The van der Waals surface area contributed by atoms with Gasteiger partial charge in [-0.25, -0.2) is 0 Å². The number of halogens is 1. The van der Waals surface area contributed by atoms with Crippen LogP contribution in [-0.2, 0) is 6.42 Å². The minimum Gasteiger partial charge on any atom is -0.339 e. The molecule has 2 rings (SSSR count). The van der Waals surface area contributed by atoms with E-state index in [-0.39, 0.29) is 5.91 Å². The molecule has 2 nitrogen and oxygen atoms in total. The Hall–Kier alpha value is -0.830. The summed E-state index contributed by atoms with van der Waals surface area (Å²) in [7, 11) is 0. The maximum absolute atomic E-state index is 11.9. The Morgan fingerprint density at radius 1 is 1.50 bits per heavy atom. The van der Waals surface area contributed by atoms with Gasteiger partial charge in [-0.05, 0) is 37.1 Å². The fourth-order valence-electron chi connectivity index (χ4n) is 1.81. The Balaban J connectivity index is 2.41. The number of likely N-dealkylation sites (N-methyl/N-ethyl adjacent to an activating group) is 1. The Morgan fingerprint density at radius 3 is 3.00 bits per heavy atom. The van der Waals surface area contributed by atoms with Gasteiger partial charge in [0.1, 0.15) is 0 Å². The second kappa shape index (κ2) is 3.73. The van der Waals surface area contributed by atoms with Gasteiger partial charge in [-0.1, -0.05) is 15.9 Å². The SMILES string of the molecule is CCN1CCc2cc(Br)ccc2C1=O. The highest BCUT2D eigenvalue weighted by Crippen LogP contribution is 2.22. The fraction of sp³-hybridized carbons (Fsp3) is 0.364. The molecular formula is C11H12BrNO. The summed E-state index contributed by atoms with van der Waals surface area (Å²) in [6.07, 6.45) is 0.967. The molecule has 0 unspecified atom stereocenters. The normalized spacial score (nSPS) is 15.6. The predicted octanol–water partition coefficient (Wildman–Crippen LogP) is 2.47. The molecule has 1 aliphatic heterocycles. The lowest BCUT2D eigenvalue weighted by Crippen LogP contribution is -2.37. The van der Waals surface area contributed by atoms with E-state index in [0.717, 1.165) is 35.1 Å². The third kappa shape index (κ3) is 1.57. The van der Waals surface area contributed by atoms with Gasteiger partial charge in [0.2, 0.25) is 0 Å². The van der Waals surface area contributed by atoms with E-state index in [1.807, 2.05) is 30.0 Å². The highest BCUT2D eigenvalue weighted by atomic mass is 79.9. The molecule has 0 aromatic heterocycles. The van der Waals surface area contributed by atoms with E-state index in [0.29, 0.717) is 0 Å². The summed E-state index contributed by atoms with van der Waals surface area (Å²) in [5.41, 5.74) is 2.02. The van der Waals surface area contributed by atoms with Crippen LogP contribution in [0.5, 0.6) is 0 Å². The van der Waals surface area contributed by atoms with Crippen molar-refractivity contribution in [2.24, 2.45) is 0 Å². The molecule has 74 valence electrons. The molecule has 0 aliphatic carbocycles. The van der Waals surface area contributed by atoms with E-state index < -0.39 is 0 Å². The first kappa shape index (κ1) is 9.71. The van der Waals surface area contributed by atoms with Crippen molar-refractivity contribution in [3.63, 3.8) is 0 Å². The topological polar surface area (TPSA) is 20.3 Å². The molecule has 0 saturated heterocycles. The van der Waals surface area contributed by atoms with Crippen LogP contribution in [-0.4, -0.2) is 23.9 Å². The molecule has 0 spiro atoms. The minimum atomic E-state index is 0.168. The molecule has 1 heterocycles. The standard InChI is InChI=1S/C11H12BrNO/c1-2-13-6-5-8-7-9(12)3-4-10(8)11(13)14/h3-4,7H,2,5-6H2,1H3. The summed E-state index contributed by atoms with van der Waals surface area (Å²) >= 11 is 3.42. The average molecular weight is 254 g/mol. The van der Waals surface area contributed by atoms with Crippen LogP contribution in [0.25, 0.3) is 0 Å². The van der Waals surface area contributed by atoms with Gasteiger partial charge in [0.25, 0.3) is 5.91 Å². The number of hydrogen-bond acceptors (Lipinski definition) is 1. The van der Waals surface area contributed by atoms with Crippen molar-refractivity contribution in [2.75, 3.05) is 13.1 Å². The molecule has 0 N–H and O–H groups in total. The van der Waals surface area contributed by atoms with Gasteiger partial charge in [0.15, 0.2) is 0 Å². The van der Waals surface area contributed by atoms with Gasteiger partial charge >= 0.3 is 0 Å². The first-order chi connectivity index (χ1) is 6.72. The van der Waals surface area contributed by atoms with E-state index in [1.165, 1.54) is 0 Å². The van der Waals surface area contributed by atoms with Crippen LogP contribution < -0.4 is 0 Å². The number of rotatable bonds is 1. The molecule has 1 aromatic rings. The molecule has 0 saturated carbocycles. The Labute approximate surface area is 92.0 Å². The number of nitrogens with zero attached hydrogens (tertiary/aromatic N) is 1. The van der Waals surface area contributed by atoms with Crippen molar-refractivity contribution < 1.29 is 4.79 Å². The summed E-state index contributed by atoms with van der Waals surface area (Å²) in [5.74, 6) is 0.168.